The topological polar surface area (TPSA) is 80.9 Å². The summed E-state index contributed by atoms with van der Waals surface area (Å²) in [5, 5.41) is 20.5. The fraction of sp³-hybridized carbons (Fsp3) is 0.464. The number of benzene rings is 2. The molecule has 1 fully saturated rings. The van der Waals surface area contributed by atoms with E-state index in [-0.39, 0.29) is 52.3 Å². The van der Waals surface area contributed by atoms with Crippen LogP contribution in [-0.4, -0.2) is 39.5 Å². The smallest absolute Gasteiger partial charge is 0.395 e. The Balaban J connectivity index is 1.54. The van der Waals surface area contributed by atoms with E-state index in [0.717, 1.165) is 10.6 Å². The number of carbonyl (C=O) groups excluding carboxylic acids is 1. The summed E-state index contributed by atoms with van der Waals surface area (Å²) in [6.45, 7) is -3.89. The molecule has 2 heterocycles. The molecule has 0 spiro atoms. The van der Waals surface area contributed by atoms with Crippen molar-refractivity contribution in [3.05, 3.63) is 59.0 Å². The molecule has 37 heavy (non-hydrogen) atoms. The van der Waals surface area contributed by atoms with Crippen molar-refractivity contribution in [3.63, 3.8) is 0 Å². The largest absolute Gasteiger partial charge is 0.586 e. The number of aromatic nitrogens is 1. The lowest BCUT2D eigenvalue weighted by Crippen LogP contribution is -2.26. The zero-order chi connectivity index (χ0) is 32.0. The number of Topliss-reactive ketones (excluding diaryl/α,β-unsaturated/α-hetero) is 1. The SMILES string of the molecule is [2H]C([2H])([2H])C(C)(CC)c1cc2cc(CC(=O)C3(c4ccc5c(c4)OC(F)(F)O5)CC3)c(F)cc2n1C[C@]([2H])(O)C([2H])([2H])O. The lowest BCUT2D eigenvalue weighted by atomic mass is 9.86. The van der Waals surface area contributed by atoms with Crippen molar-refractivity contribution >= 4 is 16.7 Å². The number of rotatable bonds is 9. The van der Waals surface area contributed by atoms with Gasteiger partial charge in [-0.15, -0.1) is 8.78 Å². The summed E-state index contributed by atoms with van der Waals surface area (Å²) in [7, 11) is 0. The van der Waals surface area contributed by atoms with Gasteiger partial charge >= 0.3 is 6.29 Å². The van der Waals surface area contributed by atoms with Crippen molar-refractivity contribution in [2.24, 2.45) is 0 Å². The number of alkyl halides is 2. The fourth-order valence-electron chi connectivity index (χ4n) is 4.90. The fourth-order valence-corrected chi connectivity index (χ4v) is 4.90. The molecule has 0 radical (unpaired) electrons. The standard InChI is InChI=1S/C28H30F3NO5/c1-4-26(2,3)24-10-17-9-16(20(29)13-21(17)32(24)14-19(34)15-33)11-25(35)27(7-8-27)18-5-6-22-23(12-18)37-28(30,31)36-22/h5-6,9-10,12-13,19,33-34H,4,7-8,11,14-15H2,1-3H3/t19-/m0/s1/i2D3,15D2,19D/t19-,26?. The molecule has 2 aliphatic rings. The number of hydrogen-bond donors (Lipinski definition) is 2. The molecule has 1 aliphatic heterocycles. The first-order chi connectivity index (χ1) is 19.6. The van der Waals surface area contributed by atoms with Gasteiger partial charge in [0.2, 0.25) is 0 Å². The predicted molar refractivity (Wildman–Crippen MR) is 131 cm³/mol. The second-order valence-corrected chi connectivity index (χ2v) is 9.87. The highest BCUT2D eigenvalue weighted by Crippen LogP contribution is 2.52. The maximum Gasteiger partial charge on any atom is 0.586 e. The van der Waals surface area contributed by atoms with E-state index in [1.165, 1.54) is 37.3 Å². The van der Waals surface area contributed by atoms with Gasteiger partial charge in [0.1, 0.15) is 11.6 Å². The van der Waals surface area contributed by atoms with Crippen molar-refractivity contribution in [3.8, 4) is 11.5 Å². The first-order valence-corrected chi connectivity index (χ1v) is 11.8. The van der Waals surface area contributed by atoms with Crippen molar-refractivity contribution in [2.75, 3.05) is 6.56 Å². The van der Waals surface area contributed by atoms with Crippen molar-refractivity contribution in [2.45, 2.75) is 76.1 Å². The maximum atomic E-state index is 15.6. The summed E-state index contributed by atoms with van der Waals surface area (Å²) in [5.74, 6) is -1.59. The Kier molecular flexibility index (Phi) is 4.52. The van der Waals surface area contributed by atoms with Gasteiger partial charge in [-0.25, -0.2) is 4.39 Å². The van der Waals surface area contributed by atoms with E-state index in [0.29, 0.717) is 18.4 Å². The molecule has 2 atom stereocenters. The van der Waals surface area contributed by atoms with Crippen molar-refractivity contribution < 1.29 is 45.9 Å². The zero-order valence-electron chi connectivity index (χ0n) is 26.2. The molecule has 6 nitrogen and oxygen atoms in total. The molecule has 9 heteroatoms. The Morgan fingerprint density at radius 2 is 2.00 bits per heavy atom. The molecule has 5 rings (SSSR count). The lowest BCUT2D eigenvalue weighted by molar-refractivity contribution is -0.286. The summed E-state index contributed by atoms with van der Waals surface area (Å²) >= 11 is 0. The van der Waals surface area contributed by atoms with E-state index in [1.54, 1.807) is 6.92 Å². The second kappa shape index (κ2) is 8.77. The molecular formula is C28H30F3NO5. The molecule has 0 bridgehead atoms. The summed E-state index contributed by atoms with van der Waals surface area (Å²) in [6.07, 6.45) is -6.46. The minimum Gasteiger partial charge on any atom is -0.395 e. The monoisotopic (exact) mass is 523 g/mol. The first-order valence-electron chi connectivity index (χ1n) is 14.8. The number of nitrogens with zero attached hydrogens (tertiary/aromatic N) is 1. The van der Waals surface area contributed by atoms with E-state index >= 15 is 4.39 Å². The Hall–Kier alpha value is -3.04. The van der Waals surface area contributed by atoms with Crippen LogP contribution in [0.5, 0.6) is 11.5 Å². The number of carbonyl (C=O) groups is 1. The summed E-state index contributed by atoms with van der Waals surface area (Å²) in [4.78, 5) is 13.5. The van der Waals surface area contributed by atoms with Gasteiger partial charge in [-0.2, -0.15) is 0 Å². The molecule has 198 valence electrons. The molecular weight excluding hydrogens is 487 g/mol. The number of fused-ring (bicyclic) bond motifs is 2. The van der Waals surface area contributed by atoms with Gasteiger partial charge in [0.05, 0.1) is 34.2 Å². The highest BCUT2D eigenvalue weighted by molar-refractivity contribution is 5.95. The third-order valence-corrected chi connectivity index (χ3v) is 7.37. The van der Waals surface area contributed by atoms with Gasteiger partial charge in [0.15, 0.2) is 11.5 Å². The van der Waals surface area contributed by atoms with Gasteiger partial charge in [0, 0.05) is 27.0 Å². The highest BCUT2D eigenvalue weighted by atomic mass is 19.3. The van der Waals surface area contributed by atoms with Crippen LogP contribution in [0.25, 0.3) is 10.9 Å². The Morgan fingerprint density at radius 3 is 2.65 bits per heavy atom. The van der Waals surface area contributed by atoms with Gasteiger partial charge in [-0.1, -0.05) is 26.8 Å². The molecule has 0 saturated heterocycles. The molecule has 2 aromatic carbocycles. The van der Waals surface area contributed by atoms with E-state index in [4.69, 9.17) is 8.22 Å². The molecule has 1 aromatic heterocycles. The van der Waals surface area contributed by atoms with E-state index in [9.17, 15) is 23.8 Å². The molecule has 2 N–H and O–H groups in total. The number of ether oxygens (including phenoxy) is 2. The van der Waals surface area contributed by atoms with Crippen LogP contribution >= 0.6 is 0 Å². The second-order valence-electron chi connectivity index (χ2n) is 9.87. The van der Waals surface area contributed by atoms with Crippen molar-refractivity contribution in [1.29, 1.82) is 0 Å². The summed E-state index contributed by atoms with van der Waals surface area (Å²) < 4.78 is 100. The number of halogens is 3. The van der Waals surface area contributed by atoms with Gasteiger partial charge in [-0.05, 0) is 60.7 Å². The average molecular weight is 524 g/mol. The van der Waals surface area contributed by atoms with Crippen LogP contribution in [0.2, 0.25) is 0 Å². The van der Waals surface area contributed by atoms with Gasteiger partial charge in [0.25, 0.3) is 0 Å². The minimum absolute atomic E-state index is 0.0227. The van der Waals surface area contributed by atoms with Crippen LogP contribution in [0, 0.1) is 5.82 Å². The first kappa shape index (κ1) is 19.1. The molecule has 3 aromatic rings. The normalized spacial score (nSPS) is 23.5. The van der Waals surface area contributed by atoms with E-state index in [1.807, 2.05) is 0 Å². The average Bonchev–Trinajstić information content (AvgIpc) is 3.54. The summed E-state index contributed by atoms with van der Waals surface area (Å²) in [5.41, 5.74) is -2.13. The van der Waals surface area contributed by atoms with Crippen LogP contribution < -0.4 is 9.47 Å². The lowest BCUT2D eigenvalue weighted by Gasteiger charge is -2.26. The predicted octanol–water partition coefficient (Wildman–Crippen LogP) is 4.99. The molecule has 1 saturated carbocycles. The van der Waals surface area contributed by atoms with E-state index < -0.39 is 49.0 Å². The number of hydrogen-bond acceptors (Lipinski definition) is 5. The highest BCUT2D eigenvalue weighted by Gasteiger charge is 2.52. The molecule has 1 unspecified atom stereocenters. The summed E-state index contributed by atoms with van der Waals surface area (Å²) in [6, 6.07) is 7.89. The zero-order valence-corrected chi connectivity index (χ0v) is 20.2. The van der Waals surface area contributed by atoms with Gasteiger partial charge in [-0.3, -0.25) is 4.79 Å². The van der Waals surface area contributed by atoms with Crippen molar-refractivity contribution in [1.82, 2.24) is 4.57 Å². The quantitative estimate of drug-likeness (QED) is 0.413. The Morgan fingerprint density at radius 1 is 1.27 bits per heavy atom. The third kappa shape index (κ3) is 4.48. The molecule has 1 aliphatic carbocycles. The Labute approximate surface area is 221 Å². The number of aliphatic hydroxyl groups is 2. The van der Waals surface area contributed by atoms with Crippen LogP contribution in [0.3, 0.4) is 0 Å². The molecule has 0 amide bonds. The van der Waals surface area contributed by atoms with Crippen LogP contribution in [0.15, 0.2) is 36.4 Å². The van der Waals surface area contributed by atoms with Gasteiger partial charge < -0.3 is 24.3 Å². The maximum absolute atomic E-state index is 15.6. The van der Waals surface area contributed by atoms with Crippen LogP contribution in [0.1, 0.15) is 65.0 Å². The third-order valence-electron chi connectivity index (χ3n) is 7.37. The number of ketones is 1. The van der Waals surface area contributed by atoms with Crippen LogP contribution in [0.4, 0.5) is 13.2 Å². The van der Waals surface area contributed by atoms with E-state index in [2.05, 4.69) is 9.47 Å². The Bertz CT molecular complexity index is 1610. The minimum atomic E-state index is -3.82. The van der Waals surface area contributed by atoms with Crippen LogP contribution in [-0.2, 0) is 28.6 Å².